The molecule has 0 radical (unpaired) electrons. The summed E-state index contributed by atoms with van der Waals surface area (Å²) in [6.45, 7) is 5.12. The van der Waals surface area contributed by atoms with Gasteiger partial charge in [0.05, 0.1) is 13.2 Å². The first kappa shape index (κ1) is 21.4. The van der Waals surface area contributed by atoms with Crippen LogP contribution in [0.2, 0.25) is 0 Å². The molecule has 2 heterocycles. The second-order valence-corrected chi connectivity index (χ2v) is 7.29. The molecular formula is C25H26N3O4+. The molecule has 7 nitrogen and oxygen atoms in total. The lowest BCUT2D eigenvalue weighted by atomic mass is 10.0. The number of hydrogen-bond acceptors (Lipinski definition) is 4. The summed E-state index contributed by atoms with van der Waals surface area (Å²) in [5.74, 6) is 0.988. The van der Waals surface area contributed by atoms with Gasteiger partial charge in [-0.15, -0.1) is 0 Å². The first-order valence-electron chi connectivity index (χ1n) is 10.7. The number of anilines is 2. The standard InChI is InChI=1S/C25H25N3O4/c1-3-31-20-12-8-18(9-13-20)26-25(30)24-22-7-5-6-16-27(22)17-23(29)28(24)19-10-14-21(15-11-19)32-4-2/h5-16,24H,3-4,17H2,1-2H3/p+1/t24-/m0/s1. The van der Waals surface area contributed by atoms with Crippen LogP contribution < -0.4 is 24.3 Å². The van der Waals surface area contributed by atoms with Gasteiger partial charge >= 0.3 is 0 Å². The molecule has 164 valence electrons. The quantitative estimate of drug-likeness (QED) is 0.580. The molecule has 1 aliphatic heterocycles. The number of rotatable bonds is 7. The van der Waals surface area contributed by atoms with Crippen LogP contribution in [0.5, 0.6) is 11.5 Å². The minimum absolute atomic E-state index is 0.162. The molecule has 2 amide bonds. The minimum atomic E-state index is -0.818. The second kappa shape index (κ2) is 9.51. The molecule has 0 unspecified atom stereocenters. The summed E-state index contributed by atoms with van der Waals surface area (Å²) >= 11 is 0. The summed E-state index contributed by atoms with van der Waals surface area (Å²) in [5, 5.41) is 2.95. The summed E-state index contributed by atoms with van der Waals surface area (Å²) in [6, 6.07) is 19.2. The number of fused-ring (bicyclic) bond motifs is 1. The zero-order valence-corrected chi connectivity index (χ0v) is 18.2. The van der Waals surface area contributed by atoms with Crippen LogP contribution in [0.4, 0.5) is 11.4 Å². The highest BCUT2D eigenvalue weighted by Gasteiger charge is 2.43. The maximum atomic E-state index is 13.5. The molecule has 0 saturated heterocycles. The number of amides is 2. The molecule has 7 heteroatoms. The number of aromatic nitrogens is 1. The fraction of sp³-hybridized carbons (Fsp3) is 0.240. The Morgan fingerprint density at radius 1 is 0.969 bits per heavy atom. The first-order chi connectivity index (χ1) is 15.6. The van der Waals surface area contributed by atoms with Crippen molar-refractivity contribution in [1.82, 2.24) is 0 Å². The third kappa shape index (κ3) is 4.42. The summed E-state index contributed by atoms with van der Waals surface area (Å²) in [4.78, 5) is 28.1. The van der Waals surface area contributed by atoms with Crippen molar-refractivity contribution in [2.24, 2.45) is 0 Å². The van der Waals surface area contributed by atoms with E-state index in [0.29, 0.717) is 30.3 Å². The Hall–Kier alpha value is -3.87. The number of nitrogens with one attached hydrogen (secondary N) is 1. The van der Waals surface area contributed by atoms with Crippen LogP contribution in [0.1, 0.15) is 25.6 Å². The highest BCUT2D eigenvalue weighted by Crippen LogP contribution is 2.31. The van der Waals surface area contributed by atoms with Crippen LogP contribution in [0.25, 0.3) is 0 Å². The van der Waals surface area contributed by atoms with Gasteiger partial charge in [0.15, 0.2) is 6.20 Å². The zero-order valence-electron chi connectivity index (χ0n) is 18.2. The van der Waals surface area contributed by atoms with Gasteiger partial charge in [0.25, 0.3) is 11.8 Å². The Kier molecular flexibility index (Phi) is 6.35. The number of ether oxygens (including phenoxy) is 2. The van der Waals surface area contributed by atoms with Gasteiger partial charge in [-0.25, -0.2) is 0 Å². The van der Waals surface area contributed by atoms with E-state index in [1.54, 1.807) is 53.4 Å². The van der Waals surface area contributed by atoms with Crippen LogP contribution in [0, 0.1) is 0 Å². The molecule has 0 saturated carbocycles. The Bertz CT molecular complexity index is 1100. The van der Waals surface area contributed by atoms with Gasteiger partial charge in [0.1, 0.15) is 11.5 Å². The van der Waals surface area contributed by atoms with Gasteiger partial charge in [0, 0.05) is 23.5 Å². The summed E-state index contributed by atoms with van der Waals surface area (Å²) in [5.41, 5.74) is 2.01. The van der Waals surface area contributed by atoms with Crippen LogP contribution in [-0.2, 0) is 16.1 Å². The highest BCUT2D eigenvalue weighted by atomic mass is 16.5. The molecule has 1 aliphatic rings. The van der Waals surface area contributed by atoms with Crippen LogP contribution in [0.3, 0.4) is 0 Å². The highest BCUT2D eigenvalue weighted by molar-refractivity contribution is 6.05. The minimum Gasteiger partial charge on any atom is -0.494 e. The number of carbonyl (C=O) groups is 2. The third-order valence-corrected chi connectivity index (χ3v) is 5.20. The van der Waals surface area contributed by atoms with Crippen LogP contribution in [-0.4, -0.2) is 25.0 Å². The van der Waals surface area contributed by atoms with Crippen molar-refractivity contribution in [3.63, 3.8) is 0 Å². The summed E-state index contributed by atoms with van der Waals surface area (Å²) < 4.78 is 12.8. The van der Waals surface area contributed by atoms with Crippen molar-refractivity contribution in [1.29, 1.82) is 0 Å². The Labute approximate surface area is 187 Å². The van der Waals surface area contributed by atoms with Crippen molar-refractivity contribution in [3.8, 4) is 11.5 Å². The van der Waals surface area contributed by atoms with Crippen molar-refractivity contribution in [2.45, 2.75) is 26.4 Å². The molecule has 0 aliphatic carbocycles. The molecule has 4 rings (SSSR count). The third-order valence-electron chi connectivity index (χ3n) is 5.20. The van der Waals surface area contributed by atoms with Crippen LogP contribution in [0.15, 0.2) is 72.9 Å². The number of pyridine rings is 1. The Morgan fingerprint density at radius 2 is 1.59 bits per heavy atom. The number of nitrogens with zero attached hydrogens (tertiary/aromatic N) is 2. The predicted octanol–water partition coefficient (Wildman–Crippen LogP) is 3.50. The fourth-order valence-electron chi connectivity index (χ4n) is 3.81. The van der Waals surface area contributed by atoms with E-state index >= 15 is 0 Å². The Balaban J connectivity index is 1.67. The lowest BCUT2D eigenvalue weighted by Gasteiger charge is -2.32. The van der Waals surface area contributed by atoms with E-state index in [4.69, 9.17) is 9.47 Å². The second-order valence-electron chi connectivity index (χ2n) is 7.29. The summed E-state index contributed by atoms with van der Waals surface area (Å²) in [6.07, 6.45) is 1.82. The molecular weight excluding hydrogens is 406 g/mol. The molecule has 2 aromatic carbocycles. The molecule has 0 bridgehead atoms. The van der Waals surface area contributed by atoms with Crippen molar-refractivity contribution in [3.05, 3.63) is 78.6 Å². The maximum absolute atomic E-state index is 13.5. The number of benzene rings is 2. The van der Waals surface area contributed by atoms with Gasteiger partial charge in [-0.3, -0.25) is 14.5 Å². The van der Waals surface area contributed by atoms with Crippen molar-refractivity contribution >= 4 is 23.2 Å². The lowest BCUT2D eigenvalue weighted by molar-refractivity contribution is -0.695. The fourth-order valence-corrected chi connectivity index (χ4v) is 3.81. The zero-order chi connectivity index (χ0) is 22.5. The molecule has 3 aromatic rings. The van der Waals surface area contributed by atoms with E-state index < -0.39 is 6.04 Å². The topological polar surface area (TPSA) is 71.8 Å². The van der Waals surface area contributed by atoms with Crippen molar-refractivity contribution < 1.29 is 23.6 Å². The SMILES string of the molecule is CCOc1ccc(NC(=O)[C@@H]2c3cccc[n+]3CC(=O)N2c2ccc(OCC)cc2)cc1. The predicted molar refractivity (Wildman–Crippen MR) is 121 cm³/mol. The van der Waals surface area contributed by atoms with E-state index in [9.17, 15) is 9.59 Å². The Morgan fingerprint density at radius 3 is 2.22 bits per heavy atom. The van der Waals surface area contributed by atoms with Crippen LogP contribution >= 0.6 is 0 Å². The molecule has 0 fully saturated rings. The maximum Gasteiger partial charge on any atom is 0.294 e. The normalized spacial score (nSPS) is 15.1. The molecule has 0 spiro atoms. The molecule has 1 atom stereocenters. The van der Waals surface area contributed by atoms with Gasteiger partial charge in [-0.05, 0) is 62.4 Å². The smallest absolute Gasteiger partial charge is 0.294 e. The average Bonchev–Trinajstić information content (AvgIpc) is 2.80. The molecule has 32 heavy (non-hydrogen) atoms. The van der Waals surface area contributed by atoms with Gasteiger partial charge < -0.3 is 14.8 Å². The molecule has 1 aromatic heterocycles. The molecule has 1 N–H and O–H groups in total. The largest absolute Gasteiger partial charge is 0.494 e. The average molecular weight is 433 g/mol. The first-order valence-corrected chi connectivity index (χ1v) is 10.7. The van der Waals surface area contributed by atoms with E-state index in [1.807, 2.05) is 42.8 Å². The van der Waals surface area contributed by atoms with E-state index in [-0.39, 0.29) is 18.4 Å². The van der Waals surface area contributed by atoms with E-state index in [0.717, 1.165) is 11.4 Å². The van der Waals surface area contributed by atoms with E-state index in [2.05, 4.69) is 5.32 Å². The lowest BCUT2D eigenvalue weighted by Crippen LogP contribution is -2.58. The van der Waals surface area contributed by atoms with Gasteiger partial charge in [0.2, 0.25) is 18.3 Å². The van der Waals surface area contributed by atoms with E-state index in [1.165, 1.54) is 0 Å². The number of hydrogen-bond donors (Lipinski definition) is 1. The van der Waals surface area contributed by atoms with Gasteiger partial charge in [-0.2, -0.15) is 4.57 Å². The monoisotopic (exact) mass is 432 g/mol. The summed E-state index contributed by atoms with van der Waals surface area (Å²) in [7, 11) is 0. The van der Waals surface area contributed by atoms with Crippen molar-refractivity contribution in [2.75, 3.05) is 23.4 Å². The number of carbonyl (C=O) groups excluding carboxylic acids is 2. The van der Waals surface area contributed by atoms with Gasteiger partial charge in [-0.1, -0.05) is 6.07 Å².